The second-order valence-corrected chi connectivity index (χ2v) is 8.38. The lowest BCUT2D eigenvalue weighted by molar-refractivity contribution is -0.146. The van der Waals surface area contributed by atoms with Gasteiger partial charge in [0.25, 0.3) is 5.91 Å². The molecule has 3 amide bonds. The van der Waals surface area contributed by atoms with E-state index in [4.69, 9.17) is 4.74 Å². The van der Waals surface area contributed by atoms with Crippen LogP contribution in [0.5, 0.6) is 0 Å². The van der Waals surface area contributed by atoms with E-state index in [1.807, 2.05) is 31.2 Å². The van der Waals surface area contributed by atoms with Crippen molar-refractivity contribution < 1.29 is 19.1 Å². The molecule has 6 heteroatoms. The van der Waals surface area contributed by atoms with Gasteiger partial charge in [0.1, 0.15) is 6.04 Å². The van der Waals surface area contributed by atoms with Crippen molar-refractivity contribution in [2.45, 2.75) is 58.0 Å². The van der Waals surface area contributed by atoms with Gasteiger partial charge in [-0.1, -0.05) is 52.0 Å². The van der Waals surface area contributed by atoms with Gasteiger partial charge in [0.05, 0.1) is 19.1 Å². The Morgan fingerprint density at radius 1 is 1.19 bits per heavy atom. The third kappa shape index (κ3) is 3.22. The number of nitrogens with zero attached hydrogens (tertiary/aromatic N) is 2. The van der Waals surface area contributed by atoms with Gasteiger partial charge in [-0.2, -0.15) is 0 Å². The summed E-state index contributed by atoms with van der Waals surface area (Å²) < 4.78 is 4.97. The van der Waals surface area contributed by atoms with Crippen molar-refractivity contribution in [1.29, 1.82) is 0 Å². The van der Waals surface area contributed by atoms with Crippen LogP contribution in [0, 0.1) is 5.92 Å². The molecular weight excluding hydrogens is 344 g/mol. The summed E-state index contributed by atoms with van der Waals surface area (Å²) in [6.45, 7) is 8.75. The predicted octanol–water partition coefficient (Wildman–Crippen LogP) is 3.26. The Labute approximate surface area is 160 Å². The fourth-order valence-electron chi connectivity index (χ4n) is 4.14. The molecule has 3 atom stereocenters. The summed E-state index contributed by atoms with van der Waals surface area (Å²) in [6, 6.07) is 6.62. The van der Waals surface area contributed by atoms with Gasteiger partial charge in [0.15, 0.2) is 0 Å². The number of imide groups is 1. The normalized spacial score (nSPS) is 25.1. The van der Waals surface area contributed by atoms with E-state index < -0.39 is 18.0 Å². The van der Waals surface area contributed by atoms with E-state index in [9.17, 15) is 14.4 Å². The van der Waals surface area contributed by atoms with Crippen LogP contribution < -0.4 is 0 Å². The summed E-state index contributed by atoms with van der Waals surface area (Å²) >= 11 is 0. The summed E-state index contributed by atoms with van der Waals surface area (Å²) in [5, 5.41) is 0. The lowest BCUT2D eigenvalue weighted by Crippen LogP contribution is -2.37. The molecule has 1 aromatic carbocycles. The third-order valence-corrected chi connectivity index (χ3v) is 5.57. The smallest absolute Gasteiger partial charge is 0.327 e. The van der Waals surface area contributed by atoms with Crippen molar-refractivity contribution in [1.82, 2.24) is 9.80 Å². The van der Waals surface area contributed by atoms with Crippen molar-refractivity contribution in [2.75, 3.05) is 13.7 Å². The van der Waals surface area contributed by atoms with Crippen molar-refractivity contribution in [3.63, 3.8) is 0 Å². The maximum absolute atomic E-state index is 12.9. The zero-order valence-electron chi connectivity index (χ0n) is 16.7. The van der Waals surface area contributed by atoms with Gasteiger partial charge in [-0.25, -0.2) is 4.79 Å². The highest BCUT2D eigenvalue weighted by atomic mass is 16.5. The zero-order valence-corrected chi connectivity index (χ0v) is 16.7. The van der Waals surface area contributed by atoms with Crippen LogP contribution in [-0.4, -0.2) is 47.4 Å². The molecule has 2 aliphatic rings. The number of hydrogen-bond donors (Lipinski definition) is 0. The number of methoxy groups -OCH3 is 1. The first-order valence-corrected chi connectivity index (χ1v) is 9.52. The van der Waals surface area contributed by atoms with Crippen LogP contribution in [-0.2, 0) is 19.7 Å². The van der Waals surface area contributed by atoms with Gasteiger partial charge in [-0.15, -0.1) is 0 Å². The number of ether oxygens (including phenoxy) is 1. The van der Waals surface area contributed by atoms with Crippen molar-refractivity contribution in [2.24, 2.45) is 5.92 Å². The molecule has 6 nitrogen and oxygen atoms in total. The highest BCUT2D eigenvalue weighted by molar-refractivity contribution is 6.05. The maximum atomic E-state index is 12.9. The minimum atomic E-state index is -0.583. The first-order valence-electron chi connectivity index (χ1n) is 9.52. The van der Waals surface area contributed by atoms with Gasteiger partial charge >= 0.3 is 12.0 Å². The number of amides is 3. The lowest BCUT2D eigenvalue weighted by atomic mass is 9.85. The molecule has 3 unspecified atom stereocenters. The van der Waals surface area contributed by atoms with Gasteiger partial charge in [0, 0.05) is 6.54 Å². The van der Waals surface area contributed by atoms with Crippen molar-refractivity contribution >= 4 is 17.9 Å². The molecular formula is C21H28N2O4. The monoisotopic (exact) mass is 372 g/mol. The number of urea groups is 1. The molecule has 0 radical (unpaired) electrons. The summed E-state index contributed by atoms with van der Waals surface area (Å²) in [7, 11) is 1.35. The number of fused-ring (bicyclic) bond motifs is 1. The molecule has 0 spiro atoms. The number of rotatable bonds is 4. The topological polar surface area (TPSA) is 66.9 Å². The highest BCUT2D eigenvalue weighted by Crippen LogP contribution is 2.46. The molecule has 2 saturated heterocycles. The molecule has 1 aromatic rings. The van der Waals surface area contributed by atoms with Crippen molar-refractivity contribution in [3.05, 3.63) is 35.4 Å². The Morgan fingerprint density at radius 2 is 1.81 bits per heavy atom. The Morgan fingerprint density at radius 3 is 2.33 bits per heavy atom. The molecule has 0 aromatic heterocycles. The Balaban J connectivity index is 2.00. The zero-order chi connectivity index (χ0) is 19.9. The van der Waals surface area contributed by atoms with Crippen molar-refractivity contribution in [3.8, 4) is 0 Å². The number of hydrogen-bond acceptors (Lipinski definition) is 4. The molecule has 0 aliphatic carbocycles. The quantitative estimate of drug-likeness (QED) is 0.601. The molecule has 2 aliphatic heterocycles. The Hall–Kier alpha value is -2.37. The summed E-state index contributed by atoms with van der Waals surface area (Å²) in [4.78, 5) is 40.9. The van der Waals surface area contributed by atoms with Crippen LogP contribution in [0.3, 0.4) is 0 Å². The molecule has 0 bridgehead atoms. The lowest BCUT2D eigenvalue weighted by Gasteiger charge is -2.28. The summed E-state index contributed by atoms with van der Waals surface area (Å²) in [5.74, 6) is -1.11. The van der Waals surface area contributed by atoms with Crippen LogP contribution in [0.1, 0.15) is 57.7 Å². The minimum absolute atomic E-state index is 0.00977. The van der Waals surface area contributed by atoms with Gasteiger partial charge in [-0.05, 0) is 29.4 Å². The third-order valence-electron chi connectivity index (χ3n) is 5.57. The first-order chi connectivity index (χ1) is 12.7. The average Bonchev–Trinajstić information content (AvgIpc) is 3.13. The highest BCUT2D eigenvalue weighted by Gasteiger charge is 2.57. The molecule has 3 rings (SSSR count). The van der Waals surface area contributed by atoms with Gasteiger partial charge in [-0.3, -0.25) is 14.5 Å². The molecule has 2 fully saturated rings. The van der Waals surface area contributed by atoms with Crippen LogP contribution in [0.2, 0.25) is 0 Å². The fourth-order valence-corrected chi connectivity index (χ4v) is 4.14. The van der Waals surface area contributed by atoms with Crippen LogP contribution in [0.15, 0.2) is 24.3 Å². The predicted molar refractivity (Wildman–Crippen MR) is 101 cm³/mol. The number of benzene rings is 1. The number of esters is 1. The summed E-state index contributed by atoms with van der Waals surface area (Å²) in [5.41, 5.74) is 2.04. The molecule has 0 saturated carbocycles. The second-order valence-electron chi connectivity index (χ2n) is 8.38. The first kappa shape index (κ1) is 19.4. The number of carbonyl (C=O) groups excluding carboxylic acids is 3. The fraction of sp³-hybridized carbons (Fsp3) is 0.571. The van der Waals surface area contributed by atoms with E-state index in [1.54, 1.807) is 4.90 Å². The van der Waals surface area contributed by atoms with E-state index in [1.165, 1.54) is 17.6 Å². The Bertz CT molecular complexity index is 750. The molecule has 27 heavy (non-hydrogen) atoms. The van der Waals surface area contributed by atoms with Crippen LogP contribution in [0.4, 0.5) is 4.79 Å². The molecule has 2 heterocycles. The Kier molecular flexibility index (Phi) is 5.02. The molecule has 0 N–H and O–H groups in total. The average molecular weight is 372 g/mol. The van der Waals surface area contributed by atoms with E-state index in [0.29, 0.717) is 19.4 Å². The number of carbonyl (C=O) groups is 3. The second kappa shape index (κ2) is 6.98. The van der Waals surface area contributed by atoms with E-state index >= 15 is 0 Å². The molecule has 146 valence electrons. The van der Waals surface area contributed by atoms with Gasteiger partial charge in [0.2, 0.25) is 0 Å². The largest absolute Gasteiger partial charge is 0.469 e. The van der Waals surface area contributed by atoms with E-state index in [-0.39, 0.29) is 23.3 Å². The van der Waals surface area contributed by atoms with Gasteiger partial charge < -0.3 is 9.64 Å². The van der Waals surface area contributed by atoms with E-state index in [2.05, 4.69) is 20.8 Å². The van der Waals surface area contributed by atoms with Crippen LogP contribution in [0.25, 0.3) is 0 Å². The van der Waals surface area contributed by atoms with Crippen LogP contribution >= 0.6 is 0 Å². The summed E-state index contributed by atoms with van der Waals surface area (Å²) in [6.07, 6.45) is 1.02. The SMILES string of the molecule is CCCN1C(=O)C2CC(C(=O)OC)C(c3ccc(C(C)(C)C)cc3)N2C1=O. The maximum Gasteiger partial charge on any atom is 0.327 e. The van der Waals surface area contributed by atoms with E-state index in [0.717, 1.165) is 5.56 Å². The minimum Gasteiger partial charge on any atom is -0.469 e. The standard InChI is InChI=1S/C21H28N2O4/c1-6-11-22-18(24)16-12-15(19(25)27-5)17(23(16)20(22)26)13-7-9-14(10-8-13)21(2,3)4/h7-10,15-17H,6,11-12H2,1-5H3.